The Morgan fingerprint density at radius 1 is 1.17 bits per heavy atom. The minimum Gasteiger partial charge on any atom is -0.340 e. The van der Waals surface area contributed by atoms with Gasteiger partial charge in [-0.2, -0.15) is 4.80 Å². The first-order chi connectivity index (χ1) is 14.5. The van der Waals surface area contributed by atoms with E-state index in [0.717, 1.165) is 0 Å². The molecular weight excluding hydrogens is 386 g/mol. The summed E-state index contributed by atoms with van der Waals surface area (Å²) in [6.45, 7) is 0. The quantitative estimate of drug-likeness (QED) is 0.587. The maximum atomic E-state index is 12.4. The molecule has 10 nitrogen and oxygen atoms in total. The van der Waals surface area contributed by atoms with Gasteiger partial charge in [0.15, 0.2) is 0 Å². The van der Waals surface area contributed by atoms with Crippen LogP contribution in [0.25, 0.3) is 11.4 Å². The molecule has 4 rings (SSSR count). The molecular formula is C20H19N7O3. The van der Waals surface area contributed by atoms with E-state index < -0.39 is 6.04 Å². The second-order valence-electron chi connectivity index (χ2n) is 6.83. The Hall–Kier alpha value is -4.08. The van der Waals surface area contributed by atoms with Crippen molar-refractivity contribution in [1.29, 1.82) is 0 Å². The topological polar surface area (TPSA) is 131 Å². The van der Waals surface area contributed by atoms with Crippen molar-refractivity contribution in [3.05, 3.63) is 54.1 Å². The highest BCUT2D eigenvalue weighted by atomic mass is 16.2. The summed E-state index contributed by atoms with van der Waals surface area (Å²) in [7, 11) is 1.67. The molecule has 10 heteroatoms. The normalized spacial score (nSPS) is 15.6. The number of hydrogen-bond donors (Lipinski definition) is 3. The van der Waals surface area contributed by atoms with E-state index in [1.165, 1.54) is 4.80 Å². The van der Waals surface area contributed by atoms with Crippen molar-refractivity contribution in [2.24, 2.45) is 7.05 Å². The van der Waals surface area contributed by atoms with E-state index in [2.05, 4.69) is 31.4 Å². The third-order valence-corrected chi connectivity index (χ3v) is 4.62. The molecule has 1 unspecified atom stereocenters. The van der Waals surface area contributed by atoms with E-state index in [1.807, 2.05) is 6.07 Å². The zero-order chi connectivity index (χ0) is 21.1. The van der Waals surface area contributed by atoms with Gasteiger partial charge in [-0.1, -0.05) is 24.3 Å². The van der Waals surface area contributed by atoms with Crippen LogP contribution in [-0.4, -0.2) is 44.0 Å². The number of aromatic nitrogens is 4. The minimum absolute atomic E-state index is 0.0579. The van der Waals surface area contributed by atoms with Gasteiger partial charge < -0.3 is 16.0 Å². The average molecular weight is 405 g/mol. The molecule has 30 heavy (non-hydrogen) atoms. The zero-order valence-corrected chi connectivity index (χ0v) is 16.1. The Morgan fingerprint density at radius 2 is 2.00 bits per heavy atom. The smallest absolute Gasteiger partial charge is 0.254 e. The van der Waals surface area contributed by atoms with Gasteiger partial charge in [0.25, 0.3) is 5.91 Å². The Morgan fingerprint density at radius 3 is 2.80 bits per heavy atom. The average Bonchev–Trinajstić information content (AvgIpc) is 3.13. The van der Waals surface area contributed by atoms with Gasteiger partial charge in [0.05, 0.1) is 18.3 Å². The maximum absolute atomic E-state index is 12.4. The second kappa shape index (κ2) is 8.11. The molecule has 1 aliphatic rings. The summed E-state index contributed by atoms with van der Waals surface area (Å²) in [5.41, 5.74) is 2.15. The second-order valence-corrected chi connectivity index (χ2v) is 6.83. The van der Waals surface area contributed by atoms with Crippen LogP contribution in [0, 0.1) is 0 Å². The lowest BCUT2D eigenvalue weighted by atomic mass is 10.1. The standard InChI is InChI=1S/C20H19N7O3/c1-27-25-18(24-26-27)12-5-4-6-13(11-12)21-17(28)10-9-16-20(30)22-15-8-3-2-7-14(15)19(29)23-16/h2-8,11,16H,9-10H2,1H3,(H,21,28)(H,22,30)(H,23,29). The number of carbonyl (C=O) groups is 3. The fourth-order valence-electron chi connectivity index (χ4n) is 3.15. The fourth-order valence-corrected chi connectivity index (χ4v) is 3.15. The van der Waals surface area contributed by atoms with E-state index >= 15 is 0 Å². The number of nitrogens with zero attached hydrogens (tertiary/aromatic N) is 4. The van der Waals surface area contributed by atoms with Crippen molar-refractivity contribution in [1.82, 2.24) is 25.5 Å². The molecule has 3 aromatic rings. The first-order valence-corrected chi connectivity index (χ1v) is 9.34. The van der Waals surface area contributed by atoms with Crippen molar-refractivity contribution in [3.63, 3.8) is 0 Å². The molecule has 152 valence electrons. The van der Waals surface area contributed by atoms with Crippen LogP contribution in [0.1, 0.15) is 23.2 Å². The molecule has 1 aliphatic heterocycles. The van der Waals surface area contributed by atoms with Crippen LogP contribution in [0.3, 0.4) is 0 Å². The molecule has 2 aromatic carbocycles. The van der Waals surface area contributed by atoms with E-state index in [-0.39, 0.29) is 30.6 Å². The molecule has 0 fully saturated rings. The largest absolute Gasteiger partial charge is 0.340 e. The summed E-state index contributed by atoms with van der Waals surface area (Å²) < 4.78 is 0. The van der Waals surface area contributed by atoms with E-state index in [4.69, 9.17) is 0 Å². The van der Waals surface area contributed by atoms with Gasteiger partial charge in [-0.3, -0.25) is 14.4 Å². The van der Waals surface area contributed by atoms with Crippen LogP contribution >= 0.6 is 0 Å². The first-order valence-electron chi connectivity index (χ1n) is 9.34. The molecule has 0 saturated carbocycles. The number of aryl methyl sites for hydroxylation is 1. The lowest BCUT2D eigenvalue weighted by molar-refractivity contribution is -0.118. The van der Waals surface area contributed by atoms with Gasteiger partial charge in [-0.25, -0.2) is 0 Å². The van der Waals surface area contributed by atoms with Crippen molar-refractivity contribution in [2.45, 2.75) is 18.9 Å². The summed E-state index contributed by atoms with van der Waals surface area (Å²) in [6, 6.07) is 13.0. The number of anilines is 2. The van der Waals surface area contributed by atoms with Crippen LogP contribution in [0.4, 0.5) is 11.4 Å². The van der Waals surface area contributed by atoms with Crippen LogP contribution in [0.2, 0.25) is 0 Å². The van der Waals surface area contributed by atoms with E-state index in [9.17, 15) is 14.4 Å². The van der Waals surface area contributed by atoms with Crippen LogP contribution in [0.15, 0.2) is 48.5 Å². The monoisotopic (exact) mass is 405 g/mol. The molecule has 0 bridgehead atoms. The highest BCUT2D eigenvalue weighted by Crippen LogP contribution is 2.21. The van der Waals surface area contributed by atoms with Gasteiger partial charge in [0.1, 0.15) is 6.04 Å². The zero-order valence-electron chi connectivity index (χ0n) is 16.1. The highest BCUT2D eigenvalue weighted by Gasteiger charge is 2.27. The Labute approximate surface area is 171 Å². The summed E-state index contributed by atoms with van der Waals surface area (Å²) in [6.07, 6.45) is 0.227. The van der Waals surface area contributed by atoms with Crippen LogP contribution in [-0.2, 0) is 16.6 Å². The number of fused-ring (bicyclic) bond motifs is 1. The predicted molar refractivity (Wildman–Crippen MR) is 108 cm³/mol. The molecule has 3 amide bonds. The number of amides is 3. The molecule has 3 N–H and O–H groups in total. The third-order valence-electron chi connectivity index (χ3n) is 4.62. The van der Waals surface area contributed by atoms with E-state index in [0.29, 0.717) is 28.3 Å². The van der Waals surface area contributed by atoms with Crippen LogP contribution in [0.5, 0.6) is 0 Å². The van der Waals surface area contributed by atoms with Gasteiger partial charge in [0.2, 0.25) is 17.6 Å². The number of para-hydroxylation sites is 1. The van der Waals surface area contributed by atoms with Gasteiger partial charge in [-0.15, -0.1) is 10.2 Å². The van der Waals surface area contributed by atoms with Crippen molar-refractivity contribution in [2.75, 3.05) is 10.6 Å². The SMILES string of the molecule is Cn1nnc(-c2cccc(NC(=O)CCC3NC(=O)c4ccccc4NC3=O)c2)n1. The number of tetrazole rings is 1. The molecule has 0 spiro atoms. The molecule has 0 aliphatic carbocycles. The Balaban J connectivity index is 1.37. The number of benzene rings is 2. The van der Waals surface area contributed by atoms with Crippen LogP contribution < -0.4 is 16.0 Å². The number of rotatable bonds is 5. The maximum Gasteiger partial charge on any atom is 0.254 e. The van der Waals surface area contributed by atoms with Crippen molar-refractivity contribution in [3.8, 4) is 11.4 Å². The highest BCUT2D eigenvalue weighted by molar-refractivity contribution is 6.10. The number of carbonyl (C=O) groups excluding carboxylic acids is 3. The van der Waals surface area contributed by atoms with E-state index in [1.54, 1.807) is 49.5 Å². The Kier molecular flexibility index (Phi) is 5.21. The fraction of sp³-hybridized carbons (Fsp3) is 0.200. The molecule has 1 aromatic heterocycles. The summed E-state index contributed by atoms with van der Waals surface area (Å²) in [5.74, 6) is -0.524. The summed E-state index contributed by atoms with van der Waals surface area (Å²) in [4.78, 5) is 38.5. The van der Waals surface area contributed by atoms with Gasteiger partial charge in [0, 0.05) is 17.7 Å². The van der Waals surface area contributed by atoms with Crippen molar-refractivity contribution >= 4 is 29.1 Å². The predicted octanol–water partition coefficient (Wildman–Crippen LogP) is 1.35. The molecule has 0 radical (unpaired) electrons. The molecule has 2 heterocycles. The van der Waals surface area contributed by atoms with Gasteiger partial charge >= 0.3 is 0 Å². The van der Waals surface area contributed by atoms with Crippen molar-refractivity contribution < 1.29 is 14.4 Å². The first kappa shape index (κ1) is 19.2. The molecule has 1 atom stereocenters. The Bertz CT molecular complexity index is 1120. The summed E-state index contributed by atoms with van der Waals surface area (Å²) in [5, 5.41) is 20.1. The summed E-state index contributed by atoms with van der Waals surface area (Å²) >= 11 is 0. The molecule has 0 saturated heterocycles. The minimum atomic E-state index is -0.800. The lowest BCUT2D eigenvalue weighted by Gasteiger charge is -2.14. The third kappa shape index (κ3) is 4.17. The number of nitrogens with one attached hydrogen (secondary N) is 3. The van der Waals surface area contributed by atoms with Gasteiger partial charge in [-0.05, 0) is 35.9 Å². The number of hydrogen-bond acceptors (Lipinski definition) is 6. The lowest BCUT2D eigenvalue weighted by Crippen LogP contribution is -2.41.